The lowest BCUT2D eigenvalue weighted by atomic mass is 10.2. The quantitative estimate of drug-likeness (QED) is 0.700. The summed E-state index contributed by atoms with van der Waals surface area (Å²) in [6, 6.07) is 13.3. The van der Waals surface area contributed by atoms with E-state index in [0.717, 1.165) is 0 Å². The molecule has 2 aromatic carbocycles. The summed E-state index contributed by atoms with van der Waals surface area (Å²) in [5.41, 5.74) is 0.718. The molecular weight excluding hydrogens is 412 g/mol. The molecule has 0 atom stereocenters. The van der Waals surface area contributed by atoms with E-state index in [2.05, 4.69) is 10.2 Å². The highest BCUT2D eigenvalue weighted by atomic mass is 16.6. The van der Waals surface area contributed by atoms with Gasteiger partial charge in [-0.1, -0.05) is 0 Å². The Morgan fingerprint density at radius 3 is 1.91 bits per heavy atom. The Morgan fingerprint density at radius 2 is 1.38 bits per heavy atom. The normalized spacial score (nSPS) is 14.5. The van der Waals surface area contributed by atoms with E-state index in [1.807, 2.05) is 20.8 Å². The molecule has 2 amide bonds. The molecule has 0 aromatic heterocycles. The standard InChI is InChI=1S/C23H28N4O5/c1-23(2,3)32-22(30)27-14-12-26(13-15-27)21(29)16-31-20-10-6-18(7-11-20)25-24-17-4-8-19(28)9-5-17/h4-11,28H,12-16H2,1-3H3. The lowest BCUT2D eigenvalue weighted by Crippen LogP contribution is -2.52. The number of carbonyl (C=O) groups is 2. The lowest BCUT2D eigenvalue weighted by molar-refractivity contribution is -0.135. The van der Waals surface area contributed by atoms with Crippen LogP contribution < -0.4 is 4.74 Å². The van der Waals surface area contributed by atoms with Crippen LogP contribution in [0, 0.1) is 0 Å². The van der Waals surface area contributed by atoms with Crippen LogP contribution in [0.15, 0.2) is 58.8 Å². The number of aromatic hydroxyl groups is 1. The van der Waals surface area contributed by atoms with E-state index in [4.69, 9.17) is 9.47 Å². The number of azo groups is 1. The van der Waals surface area contributed by atoms with Crippen LogP contribution in [0.25, 0.3) is 0 Å². The molecule has 2 aromatic rings. The summed E-state index contributed by atoms with van der Waals surface area (Å²) in [5.74, 6) is 0.587. The molecule has 3 rings (SSSR count). The van der Waals surface area contributed by atoms with Gasteiger partial charge in [0.25, 0.3) is 5.91 Å². The van der Waals surface area contributed by atoms with Crippen molar-refractivity contribution in [2.45, 2.75) is 26.4 Å². The van der Waals surface area contributed by atoms with E-state index in [1.165, 1.54) is 0 Å². The predicted molar refractivity (Wildman–Crippen MR) is 119 cm³/mol. The van der Waals surface area contributed by atoms with Gasteiger partial charge in [-0.2, -0.15) is 10.2 Å². The molecule has 1 heterocycles. The molecule has 1 aliphatic heterocycles. The topological polar surface area (TPSA) is 104 Å². The number of benzene rings is 2. The van der Waals surface area contributed by atoms with Crippen LogP contribution in [0.2, 0.25) is 0 Å². The van der Waals surface area contributed by atoms with Crippen molar-refractivity contribution in [1.82, 2.24) is 9.80 Å². The average Bonchev–Trinajstić information content (AvgIpc) is 2.77. The van der Waals surface area contributed by atoms with Gasteiger partial charge >= 0.3 is 6.09 Å². The highest BCUT2D eigenvalue weighted by molar-refractivity contribution is 5.78. The number of phenols is 1. The second-order valence-corrected chi connectivity index (χ2v) is 8.35. The zero-order chi connectivity index (χ0) is 23.1. The van der Waals surface area contributed by atoms with Gasteiger partial charge in [0.05, 0.1) is 11.4 Å². The molecule has 0 bridgehead atoms. The van der Waals surface area contributed by atoms with Crippen molar-refractivity contribution in [3.63, 3.8) is 0 Å². The molecule has 1 N–H and O–H groups in total. The second kappa shape index (κ2) is 10.1. The van der Waals surface area contributed by atoms with Crippen molar-refractivity contribution in [3.8, 4) is 11.5 Å². The minimum atomic E-state index is -0.541. The summed E-state index contributed by atoms with van der Waals surface area (Å²) in [6.45, 7) is 7.15. The van der Waals surface area contributed by atoms with Crippen molar-refractivity contribution >= 4 is 23.4 Å². The highest BCUT2D eigenvalue weighted by Crippen LogP contribution is 2.22. The molecule has 0 radical (unpaired) electrons. The van der Waals surface area contributed by atoms with Crippen LogP contribution in [0.1, 0.15) is 20.8 Å². The second-order valence-electron chi connectivity index (χ2n) is 8.35. The monoisotopic (exact) mass is 440 g/mol. The summed E-state index contributed by atoms with van der Waals surface area (Å²) in [6.07, 6.45) is -0.358. The molecule has 1 aliphatic rings. The smallest absolute Gasteiger partial charge is 0.410 e. The minimum Gasteiger partial charge on any atom is -0.508 e. The van der Waals surface area contributed by atoms with E-state index < -0.39 is 5.60 Å². The van der Waals surface area contributed by atoms with Crippen LogP contribution in [0.3, 0.4) is 0 Å². The maximum absolute atomic E-state index is 12.4. The van der Waals surface area contributed by atoms with Gasteiger partial charge in [0.1, 0.15) is 17.1 Å². The van der Waals surface area contributed by atoms with Gasteiger partial charge in [-0.3, -0.25) is 4.79 Å². The number of carbonyl (C=O) groups excluding carboxylic acids is 2. The van der Waals surface area contributed by atoms with Crippen molar-refractivity contribution in [1.29, 1.82) is 0 Å². The van der Waals surface area contributed by atoms with Gasteiger partial charge in [-0.25, -0.2) is 4.79 Å². The van der Waals surface area contributed by atoms with Gasteiger partial charge < -0.3 is 24.4 Å². The molecule has 1 saturated heterocycles. The number of amides is 2. The predicted octanol–water partition coefficient (Wildman–Crippen LogP) is 4.27. The molecule has 9 nitrogen and oxygen atoms in total. The van der Waals surface area contributed by atoms with Crippen LogP contribution in [-0.2, 0) is 9.53 Å². The first-order valence-electron chi connectivity index (χ1n) is 10.4. The zero-order valence-electron chi connectivity index (χ0n) is 18.5. The van der Waals surface area contributed by atoms with E-state index in [-0.39, 0.29) is 24.4 Å². The first-order valence-corrected chi connectivity index (χ1v) is 10.4. The van der Waals surface area contributed by atoms with Crippen molar-refractivity contribution in [3.05, 3.63) is 48.5 Å². The van der Waals surface area contributed by atoms with E-state index >= 15 is 0 Å². The summed E-state index contributed by atoms with van der Waals surface area (Å²) in [4.78, 5) is 27.9. The van der Waals surface area contributed by atoms with Crippen LogP contribution in [0.4, 0.5) is 16.2 Å². The molecule has 0 aliphatic carbocycles. The summed E-state index contributed by atoms with van der Waals surface area (Å²) >= 11 is 0. The molecule has 170 valence electrons. The first-order chi connectivity index (χ1) is 15.2. The molecule has 32 heavy (non-hydrogen) atoms. The Bertz CT molecular complexity index is 944. The Morgan fingerprint density at radius 1 is 0.875 bits per heavy atom. The Hall–Kier alpha value is -3.62. The molecule has 0 unspecified atom stereocenters. The molecule has 0 saturated carbocycles. The minimum absolute atomic E-state index is 0.0825. The Kier molecular flexibility index (Phi) is 7.29. The zero-order valence-corrected chi connectivity index (χ0v) is 18.5. The maximum atomic E-state index is 12.4. The fourth-order valence-corrected chi connectivity index (χ4v) is 2.95. The van der Waals surface area contributed by atoms with E-state index in [9.17, 15) is 14.7 Å². The van der Waals surface area contributed by atoms with Gasteiger partial charge in [0.15, 0.2) is 6.61 Å². The summed E-state index contributed by atoms with van der Waals surface area (Å²) in [7, 11) is 0. The van der Waals surface area contributed by atoms with Gasteiger partial charge in [0, 0.05) is 26.2 Å². The number of piperazine rings is 1. The van der Waals surface area contributed by atoms with Crippen LogP contribution in [0.5, 0.6) is 11.5 Å². The first kappa shape index (κ1) is 23.1. The Labute approximate surface area is 187 Å². The molecular formula is C23H28N4O5. The van der Waals surface area contributed by atoms with Gasteiger partial charge in [-0.05, 0) is 69.3 Å². The van der Waals surface area contributed by atoms with Gasteiger partial charge in [-0.15, -0.1) is 0 Å². The fourth-order valence-electron chi connectivity index (χ4n) is 2.95. The molecule has 1 fully saturated rings. The summed E-state index contributed by atoms with van der Waals surface area (Å²) < 4.78 is 11.0. The number of nitrogens with zero attached hydrogens (tertiary/aromatic N) is 4. The number of hydrogen-bond donors (Lipinski definition) is 1. The molecule has 0 spiro atoms. The van der Waals surface area contributed by atoms with Crippen molar-refractivity contribution < 1.29 is 24.2 Å². The number of hydrogen-bond acceptors (Lipinski definition) is 7. The number of ether oxygens (including phenoxy) is 2. The van der Waals surface area contributed by atoms with E-state index in [1.54, 1.807) is 58.3 Å². The Balaban J connectivity index is 1.43. The fraction of sp³-hybridized carbons (Fsp3) is 0.391. The average molecular weight is 441 g/mol. The third-order valence-corrected chi connectivity index (χ3v) is 4.61. The SMILES string of the molecule is CC(C)(C)OC(=O)N1CCN(C(=O)COc2ccc(N=Nc3ccc(O)cc3)cc2)CC1. The third kappa shape index (κ3) is 6.97. The van der Waals surface area contributed by atoms with Crippen molar-refractivity contribution in [2.24, 2.45) is 10.2 Å². The number of rotatable bonds is 5. The van der Waals surface area contributed by atoms with Crippen LogP contribution >= 0.6 is 0 Å². The maximum Gasteiger partial charge on any atom is 0.410 e. The highest BCUT2D eigenvalue weighted by Gasteiger charge is 2.27. The van der Waals surface area contributed by atoms with Gasteiger partial charge in [0.2, 0.25) is 0 Å². The number of phenolic OH excluding ortho intramolecular Hbond substituents is 1. The summed E-state index contributed by atoms with van der Waals surface area (Å²) in [5, 5.41) is 17.5. The van der Waals surface area contributed by atoms with Crippen LogP contribution in [-0.4, -0.2) is 65.3 Å². The lowest BCUT2D eigenvalue weighted by Gasteiger charge is -2.35. The van der Waals surface area contributed by atoms with Crippen molar-refractivity contribution in [2.75, 3.05) is 32.8 Å². The third-order valence-electron chi connectivity index (χ3n) is 4.61. The largest absolute Gasteiger partial charge is 0.508 e. The van der Waals surface area contributed by atoms with E-state index in [0.29, 0.717) is 43.3 Å². The molecule has 9 heteroatoms.